The van der Waals surface area contributed by atoms with E-state index in [0.717, 1.165) is 27.8 Å². The molecule has 0 aliphatic rings. The summed E-state index contributed by atoms with van der Waals surface area (Å²) in [5.74, 6) is 2.16. The second-order valence-corrected chi connectivity index (χ2v) is 7.25. The maximum atomic E-state index is 5.59. The van der Waals surface area contributed by atoms with E-state index < -0.39 is 0 Å². The van der Waals surface area contributed by atoms with Crippen LogP contribution in [0, 0.1) is 0 Å². The lowest BCUT2D eigenvalue weighted by Gasteiger charge is -2.11. The fourth-order valence-corrected chi connectivity index (χ4v) is 3.91. The third-order valence-electron chi connectivity index (χ3n) is 2.88. The Kier molecular flexibility index (Phi) is 10.0. The molecular weight excluding hydrogens is 402 g/mol. The molecule has 0 spiro atoms. The largest absolute Gasteiger partial charge is 0.492 e. The van der Waals surface area contributed by atoms with Gasteiger partial charge in [0.15, 0.2) is 0 Å². The quantitative estimate of drug-likeness (QED) is 0.519. The third kappa shape index (κ3) is 6.83. The number of halogens is 2. The van der Waals surface area contributed by atoms with Gasteiger partial charge < -0.3 is 10.1 Å². The van der Waals surface area contributed by atoms with Crippen LogP contribution >= 0.6 is 43.6 Å². The van der Waals surface area contributed by atoms with Gasteiger partial charge in [-0.15, -0.1) is 0 Å². The van der Waals surface area contributed by atoms with Gasteiger partial charge in [-0.2, -0.15) is 11.8 Å². The second kappa shape index (κ2) is 10.9. The van der Waals surface area contributed by atoms with Crippen LogP contribution < -0.4 is 10.1 Å². The summed E-state index contributed by atoms with van der Waals surface area (Å²) in [5, 5.41) is 3.50. The molecule has 1 rings (SSSR count). The molecule has 0 radical (unpaired) electrons. The molecule has 1 N–H and O–H groups in total. The first kappa shape index (κ1) is 18.3. The molecule has 0 aliphatic heterocycles. The Morgan fingerprint density at radius 3 is 2.45 bits per heavy atom. The maximum Gasteiger partial charge on any atom is 0.147 e. The fourth-order valence-electron chi connectivity index (χ4n) is 1.90. The van der Waals surface area contributed by atoms with E-state index in [2.05, 4.69) is 55.6 Å². The fraction of sp³-hybridized carbons (Fsp3) is 0.600. The van der Waals surface area contributed by atoms with Gasteiger partial charge in [0.25, 0.3) is 0 Å². The Labute approximate surface area is 143 Å². The normalized spacial score (nSPS) is 10.8. The monoisotopic (exact) mass is 423 g/mol. The number of thioether (sulfide) groups is 1. The average molecular weight is 425 g/mol. The molecule has 0 atom stereocenters. The van der Waals surface area contributed by atoms with Gasteiger partial charge >= 0.3 is 0 Å². The molecule has 0 saturated heterocycles. The Hall–Kier alpha value is 0.290. The minimum absolute atomic E-state index is 0.671. The van der Waals surface area contributed by atoms with Crippen LogP contribution in [0.5, 0.6) is 5.75 Å². The standard InChI is InChI=1S/C15H23Br2NOS/c1-3-19-15-13(16)9-12(10-14(15)17)11-18-7-5-4-6-8-20-2/h9-10,18H,3-8,11H2,1-2H3. The molecule has 0 heterocycles. The van der Waals surface area contributed by atoms with Gasteiger partial charge in [-0.25, -0.2) is 0 Å². The molecular formula is C15H23Br2NOS. The van der Waals surface area contributed by atoms with Crippen molar-refractivity contribution in [3.63, 3.8) is 0 Å². The Morgan fingerprint density at radius 1 is 1.15 bits per heavy atom. The summed E-state index contributed by atoms with van der Waals surface area (Å²) >= 11 is 9.06. The summed E-state index contributed by atoms with van der Waals surface area (Å²) in [5.41, 5.74) is 1.26. The van der Waals surface area contributed by atoms with Gasteiger partial charge in [-0.3, -0.25) is 0 Å². The van der Waals surface area contributed by atoms with Crippen molar-refractivity contribution < 1.29 is 4.74 Å². The van der Waals surface area contributed by atoms with Crippen molar-refractivity contribution in [3.05, 3.63) is 26.6 Å². The highest BCUT2D eigenvalue weighted by Crippen LogP contribution is 2.34. The first-order valence-corrected chi connectivity index (χ1v) is 9.97. The van der Waals surface area contributed by atoms with E-state index in [1.54, 1.807) is 0 Å². The molecule has 2 nitrogen and oxygen atoms in total. The molecule has 114 valence electrons. The van der Waals surface area contributed by atoms with Gasteiger partial charge in [0.1, 0.15) is 5.75 Å². The Bertz CT molecular complexity index is 378. The number of rotatable bonds is 10. The number of hydrogen-bond donors (Lipinski definition) is 1. The van der Waals surface area contributed by atoms with Crippen LogP contribution in [0.25, 0.3) is 0 Å². The van der Waals surface area contributed by atoms with Crippen LogP contribution in [0.15, 0.2) is 21.1 Å². The predicted molar refractivity (Wildman–Crippen MR) is 97.0 cm³/mol. The number of hydrogen-bond acceptors (Lipinski definition) is 3. The highest BCUT2D eigenvalue weighted by molar-refractivity contribution is 9.11. The van der Waals surface area contributed by atoms with Gasteiger partial charge in [0.2, 0.25) is 0 Å². The first-order valence-electron chi connectivity index (χ1n) is 6.99. The molecule has 0 amide bonds. The van der Waals surface area contributed by atoms with E-state index in [9.17, 15) is 0 Å². The van der Waals surface area contributed by atoms with Crippen molar-refractivity contribution in [2.24, 2.45) is 0 Å². The van der Waals surface area contributed by atoms with Gasteiger partial charge in [-0.05, 0) is 87.9 Å². The van der Waals surface area contributed by atoms with Crippen LogP contribution in [-0.4, -0.2) is 25.2 Å². The number of nitrogens with one attached hydrogen (secondary N) is 1. The summed E-state index contributed by atoms with van der Waals surface area (Å²) < 4.78 is 7.60. The molecule has 0 aliphatic carbocycles. The molecule has 0 unspecified atom stereocenters. The topological polar surface area (TPSA) is 21.3 Å². The molecule has 1 aromatic carbocycles. The summed E-state index contributed by atoms with van der Waals surface area (Å²) in [7, 11) is 0. The van der Waals surface area contributed by atoms with Crippen LogP contribution in [0.3, 0.4) is 0 Å². The van der Waals surface area contributed by atoms with E-state index in [1.165, 1.54) is 30.6 Å². The van der Waals surface area contributed by atoms with Crippen molar-refractivity contribution >= 4 is 43.6 Å². The molecule has 0 saturated carbocycles. The lowest BCUT2D eigenvalue weighted by atomic mass is 10.2. The zero-order valence-electron chi connectivity index (χ0n) is 12.2. The summed E-state index contributed by atoms with van der Waals surface area (Å²) in [4.78, 5) is 0. The lowest BCUT2D eigenvalue weighted by molar-refractivity contribution is 0.336. The smallest absolute Gasteiger partial charge is 0.147 e. The zero-order chi connectivity index (χ0) is 14.8. The van der Waals surface area contributed by atoms with Crippen molar-refractivity contribution in [2.75, 3.05) is 25.2 Å². The summed E-state index contributed by atoms with van der Waals surface area (Å²) in [6, 6.07) is 4.24. The molecule has 5 heteroatoms. The third-order valence-corrected chi connectivity index (χ3v) is 4.75. The maximum absolute atomic E-state index is 5.59. The van der Waals surface area contributed by atoms with E-state index in [1.807, 2.05) is 18.7 Å². The van der Waals surface area contributed by atoms with Gasteiger partial charge in [0.05, 0.1) is 15.6 Å². The Morgan fingerprint density at radius 2 is 1.85 bits per heavy atom. The SMILES string of the molecule is CCOc1c(Br)cc(CNCCCCCSC)cc1Br. The average Bonchev–Trinajstić information content (AvgIpc) is 2.42. The summed E-state index contributed by atoms with van der Waals surface area (Å²) in [6.45, 7) is 4.64. The van der Waals surface area contributed by atoms with Gasteiger partial charge in [0, 0.05) is 6.54 Å². The Balaban J connectivity index is 2.34. The van der Waals surface area contributed by atoms with Gasteiger partial charge in [-0.1, -0.05) is 6.42 Å². The summed E-state index contributed by atoms with van der Waals surface area (Å²) in [6.07, 6.45) is 6.05. The van der Waals surface area contributed by atoms with Crippen LogP contribution in [0.4, 0.5) is 0 Å². The molecule has 20 heavy (non-hydrogen) atoms. The molecule has 0 fully saturated rings. The zero-order valence-corrected chi connectivity index (χ0v) is 16.2. The second-order valence-electron chi connectivity index (χ2n) is 4.55. The van der Waals surface area contributed by atoms with E-state index >= 15 is 0 Å². The van der Waals surface area contributed by atoms with Crippen LogP contribution in [-0.2, 0) is 6.54 Å². The lowest BCUT2D eigenvalue weighted by Crippen LogP contribution is -2.14. The van der Waals surface area contributed by atoms with E-state index in [4.69, 9.17) is 4.74 Å². The minimum atomic E-state index is 0.671. The number of benzene rings is 1. The van der Waals surface area contributed by atoms with Crippen molar-refractivity contribution in [2.45, 2.75) is 32.7 Å². The van der Waals surface area contributed by atoms with E-state index in [-0.39, 0.29) is 0 Å². The van der Waals surface area contributed by atoms with E-state index in [0.29, 0.717) is 6.61 Å². The van der Waals surface area contributed by atoms with Crippen molar-refractivity contribution in [1.82, 2.24) is 5.32 Å². The first-order chi connectivity index (χ1) is 9.69. The number of unbranched alkanes of at least 4 members (excludes halogenated alkanes) is 2. The van der Waals surface area contributed by atoms with Crippen molar-refractivity contribution in [1.29, 1.82) is 0 Å². The number of ether oxygens (including phenoxy) is 1. The molecule has 0 bridgehead atoms. The van der Waals surface area contributed by atoms with Crippen LogP contribution in [0.2, 0.25) is 0 Å². The highest BCUT2D eigenvalue weighted by atomic mass is 79.9. The highest BCUT2D eigenvalue weighted by Gasteiger charge is 2.08. The van der Waals surface area contributed by atoms with Crippen molar-refractivity contribution in [3.8, 4) is 5.75 Å². The predicted octanol–water partition coefficient (Wildman–Crippen LogP) is 5.23. The molecule has 0 aromatic heterocycles. The molecule has 1 aromatic rings. The minimum Gasteiger partial charge on any atom is -0.492 e. The van der Waals surface area contributed by atoms with Crippen LogP contribution in [0.1, 0.15) is 31.7 Å².